The second kappa shape index (κ2) is 37.1. The van der Waals surface area contributed by atoms with Gasteiger partial charge < -0.3 is 47.4 Å². The Labute approximate surface area is 308 Å². The minimum atomic E-state index is -3.77. The normalized spacial score (nSPS) is 11.9. The summed E-state index contributed by atoms with van der Waals surface area (Å²) in [5, 5.41) is 0. The van der Waals surface area contributed by atoms with Crippen LogP contribution in [0.1, 0.15) is 63.9 Å². The molecule has 0 aliphatic heterocycles. The minimum absolute atomic E-state index is 0.0568. The second-order valence-electron chi connectivity index (χ2n) is 11.7. The molecule has 0 N–H and O–H groups in total. The molecule has 0 heterocycles. The van der Waals surface area contributed by atoms with E-state index in [2.05, 4.69) is 6.92 Å². The van der Waals surface area contributed by atoms with Crippen LogP contribution in [-0.2, 0) is 61.7 Å². The molecule has 0 saturated carbocycles. The fraction of sp³-hybridized carbons (Fsp3) is 0.838. The second-order valence-corrected chi connectivity index (χ2v) is 13.3. The number of unbranched alkanes of at least 4 members (excludes halogenated alkanes) is 7. The first-order chi connectivity index (χ1) is 25.1. The molecule has 0 unspecified atom stereocenters. The Balaban J connectivity index is 1.66. The summed E-state index contributed by atoms with van der Waals surface area (Å²) in [5.74, 6) is 0. The molecule has 0 amide bonds. The number of hydrogen-bond acceptors (Lipinski definition) is 13. The fourth-order valence-electron chi connectivity index (χ4n) is 4.39. The van der Waals surface area contributed by atoms with E-state index in [-0.39, 0.29) is 18.1 Å². The van der Waals surface area contributed by atoms with Gasteiger partial charge in [0.2, 0.25) is 0 Å². The monoisotopic (exact) mass is 752 g/mol. The molecule has 0 radical (unpaired) electrons. The van der Waals surface area contributed by atoms with Crippen LogP contribution in [0.3, 0.4) is 0 Å². The highest BCUT2D eigenvalue weighted by molar-refractivity contribution is 7.86. The van der Waals surface area contributed by atoms with Gasteiger partial charge in [0.25, 0.3) is 10.1 Å². The Kier molecular flexibility index (Phi) is 34.7. The molecule has 0 spiro atoms. The maximum Gasteiger partial charge on any atom is 0.297 e. The molecule has 51 heavy (non-hydrogen) atoms. The van der Waals surface area contributed by atoms with Crippen molar-refractivity contribution in [1.29, 1.82) is 0 Å². The van der Waals surface area contributed by atoms with Crippen LogP contribution >= 0.6 is 0 Å². The molecule has 1 aromatic carbocycles. The van der Waals surface area contributed by atoms with E-state index in [1.165, 1.54) is 57.1 Å². The number of ether oxygens (including phenoxy) is 10. The van der Waals surface area contributed by atoms with Gasteiger partial charge in [0, 0.05) is 6.61 Å². The summed E-state index contributed by atoms with van der Waals surface area (Å²) in [6.07, 6.45) is 10.5. The van der Waals surface area contributed by atoms with Gasteiger partial charge >= 0.3 is 0 Å². The molecule has 1 rings (SSSR count). The summed E-state index contributed by atoms with van der Waals surface area (Å²) in [6.45, 7) is 13.9. The van der Waals surface area contributed by atoms with E-state index in [9.17, 15) is 8.42 Å². The van der Waals surface area contributed by atoms with Crippen LogP contribution in [0.15, 0.2) is 29.2 Å². The van der Waals surface area contributed by atoms with Crippen molar-refractivity contribution in [3.8, 4) is 0 Å². The molecule has 0 aliphatic rings. The van der Waals surface area contributed by atoms with Crippen LogP contribution in [0.5, 0.6) is 0 Å². The Morgan fingerprint density at radius 1 is 0.373 bits per heavy atom. The van der Waals surface area contributed by atoms with Crippen molar-refractivity contribution in [2.75, 3.05) is 139 Å². The highest BCUT2D eigenvalue weighted by Gasteiger charge is 2.14. The Morgan fingerprint density at radius 3 is 0.980 bits per heavy atom. The van der Waals surface area contributed by atoms with Gasteiger partial charge in [0.1, 0.15) is 0 Å². The van der Waals surface area contributed by atoms with Crippen LogP contribution in [-0.4, -0.2) is 147 Å². The van der Waals surface area contributed by atoms with Crippen LogP contribution in [0.4, 0.5) is 0 Å². The first kappa shape index (κ1) is 47.8. The van der Waals surface area contributed by atoms with E-state index in [1.54, 1.807) is 12.1 Å². The lowest BCUT2D eigenvalue weighted by Crippen LogP contribution is -2.15. The van der Waals surface area contributed by atoms with Gasteiger partial charge in [-0.05, 0) is 25.5 Å². The van der Waals surface area contributed by atoms with E-state index in [4.69, 9.17) is 51.6 Å². The predicted octanol–water partition coefficient (Wildman–Crippen LogP) is 5.01. The van der Waals surface area contributed by atoms with E-state index in [0.717, 1.165) is 18.6 Å². The Hall–Kier alpha value is -1.27. The minimum Gasteiger partial charge on any atom is -0.379 e. The zero-order chi connectivity index (χ0) is 36.8. The van der Waals surface area contributed by atoms with Gasteiger partial charge in [-0.25, -0.2) is 0 Å². The van der Waals surface area contributed by atoms with Crippen molar-refractivity contribution in [2.45, 2.75) is 70.1 Å². The lowest BCUT2D eigenvalue weighted by molar-refractivity contribution is -0.0267. The maximum atomic E-state index is 12.1. The van der Waals surface area contributed by atoms with Crippen molar-refractivity contribution >= 4 is 10.1 Å². The summed E-state index contributed by atoms with van der Waals surface area (Å²) in [6, 6.07) is 6.49. The standard InChI is InChI=1S/C37H68O13S/c1-3-4-5-6-7-8-9-10-15-40-16-17-41-18-19-42-20-21-43-22-23-44-24-25-45-26-27-46-28-29-47-30-31-48-32-33-49-34-35-50-51(38,39)37-13-11-36(2)12-14-37/h11-14H,3-10,15-35H2,1-2H3. The molecule has 0 bridgehead atoms. The van der Waals surface area contributed by atoms with Crippen molar-refractivity contribution in [2.24, 2.45) is 0 Å². The van der Waals surface area contributed by atoms with Crippen LogP contribution < -0.4 is 0 Å². The average Bonchev–Trinajstić information content (AvgIpc) is 3.12. The molecule has 0 aliphatic carbocycles. The van der Waals surface area contributed by atoms with Gasteiger partial charge in [0.05, 0.1) is 137 Å². The van der Waals surface area contributed by atoms with E-state index in [0.29, 0.717) is 119 Å². The molecular weight excluding hydrogens is 684 g/mol. The van der Waals surface area contributed by atoms with Gasteiger partial charge in [-0.2, -0.15) is 8.42 Å². The molecule has 13 nitrogen and oxygen atoms in total. The van der Waals surface area contributed by atoms with Gasteiger partial charge in [-0.15, -0.1) is 0 Å². The fourth-order valence-corrected chi connectivity index (χ4v) is 5.29. The predicted molar refractivity (Wildman–Crippen MR) is 195 cm³/mol. The molecular formula is C37H68O13S. The summed E-state index contributed by atoms with van der Waals surface area (Å²) in [4.78, 5) is 0.130. The highest BCUT2D eigenvalue weighted by atomic mass is 32.2. The average molecular weight is 753 g/mol. The summed E-state index contributed by atoms with van der Waals surface area (Å²) in [7, 11) is -3.77. The van der Waals surface area contributed by atoms with Gasteiger partial charge in [-0.3, -0.25) is 4.18 Å². The van der Waals surface area contributed by atoms with Crippen LogP contribution in [0, 0.1) is 6.92 Å². The number of aryl methyl sites for hydroxylation is 1. The highest BCUT2D eigenvalue weighted by Crippen LogP contribution is 2.13. The van der Waals surface area contributed by atoms with Crippen molar-refractivity contribution in [3.05, 3.63) is 29.8 Å². The van der Waals surface area contributed by atoms with Crippen LogP contribution in [0.2, 0.25) is 0 Å². The molecule has 0 atom stereocenters. The zero-order valence-electron chi connectivity index (χ0n) is 31.5. The SMILES string of the molecule is CCCCCCCCCCOCCOCCOCCOCCOCCOCCOCCOCCOCCOCCOS(=O)(=O)c1ccc(C)cc1. The summed E-state index contributed by atoms with van der Waals surface area (Å²) in [5.41, 5.74) is 0.977. The largest absolute Gasteiger partial charge is 0.379 e. The smallest absolute Gasteiger partial charge is 0.297 e. The Morgan fingerprint density at radius 2 is 0.647 bits per heavy atom. The topological polar surface area (TPSA) is 136 Å². The number of benzene rings is 1. The van der Waals surface area contributed by atoms with Crippen LogP contribution in [0.25, 0.3) is 0 Å². The van der Waals surface area contributed by atoms with Gasteiger partial charge in [-0.1, -0.05) is 69.6 Å². The Bertz CT molecular complexity index is 950. The third-order valence-electron chi connectivity index (χ3n) is 7.27. The summed E-state index contributed by atoms with van der Waals surface area (Å²) < 4.78 is 84.0. The molecule has 0 aromatic heterocycles. The number of hydrogen-bond donors (Lipinski definition) is 0. The third-order valence-corrected chi connectivity index (χ3v) is 8.59. The number of rotatable bonds is 41. The lowest BCUT2D eigenvalue weighted by Gasteiger charge is -2.09. The molecule has 0 fully saturated rings. The molecule has 300 valence electrons. The quantitative estimate of drug-likeness (QED) is 0.0656. The molecule has 1 aromatic rings. The first-order valence-electron chi connectivity index (χ1n) is 18.8. The third kappa shape index (κ3) is 33.1. The van der Waals surface area contributed by atoms with E-state index < -0.39 is 10.1 Å². The zero-order valence-corrected chi connectivity index (χ0v) is 32.3. The lowest BCUT2D eigenvalue weighted by atomic mass is 10.1. The van der Waals surface area contributed by atoms with Gasteiger partial charge in [0.15, 0.2) is 0 Å². The van der Waals surface area contributed by atoms with E-state index in [1.807, 2.05) is 6.92 Å². The summed E-state index contributed by atoms with van der Waals surface area (Å²) >= 11 is 0. The van der Waals surface area contributed by atoms with Crippen molar-refractivity contribution in [3.63, 3.8) is 0 Å². The maximum absolute atomic E-state index is 12.1. The van der Waals surface area contributed by atoms with E-state index >= 15 is 0 Å². The first-order valence-corrected chi connectivity index (χ1v) is 20.2. The molecule has 14 heteroatoms. The van der Waals surface area contributed by atoms with Crippen molar-refractivity contribution < 1.29 is 60.0 Å². The van der Waals surface area contributed by atoms with Crippen molar-refractivity contribution in [1.82, 2.24) is 0 Å². The molecule has 0 saturated heterocycles.